The van der Waals surface area contributed by atoms with Crippen LogP contribution in [0, 0.1) is 0 Å². The third-order valence-electron chi connectivity index (χ3n) is 2.60. The van der Waals surface area contributed by atoms with Crippen molar-refractivity contribution in [2.45, 2.75) is 0 Å². The number of carbonyl (C=O) groups excluding carboxylic acids is 1. The molecule has 0 aliphatic heterocycles. The monoisotopic (exact) mass is 291 g/mol. The average Bonchev–Trinajstić information content (AvgIpc) is 2.42. The Morgan fingerprint density at radius 3 is 2.26 bits per heavy atom. The molecule has 0 amide bonds. The topological polar surface area (TPSA) is 43.1 Å². The van der Waals surface area contributed by atoms with Gasteiger partial charge in [-0.05, 0) is 23.8 Å². The number of halogens is 2. The third-order valence-corrected chi connectivity index (χ3v) is 3.34. The highest BCUT2D eigenvalue weighted by molar-refractivity contribution is 6.42. The zero-order chi connectivity index (χ0) is 13.8. The molecule has 0 atom stereocenters. The summed E-state index contributed by atoms with van der Waals surface area (Å²) in [5.74, 6) is -0.208. The number of allylic oxidation sites excluding steroid dienone is 1. The van der Waals surface area contributed by atoms with Crippen molar-refractivity contribution in [2.75, 3.05) is 0 Å². The maximum absolute atomic E-state index is 12.0. The van der Waals surface area contributed by atoms with Gasteiger partial charge in [-0.1, -0.05) is 53.5 Å². The predicted molar refractivity (Wildman–Crippen MR) is 79.4 cm³/mol. The fourth-order valence-corrected chi connectivity index (χ4v) is 1.89. The molecule has 2 aromatic rings. The first-order valence-electron chi connectivity index (χ1n) is 5.60. The number of rotatable bonds is 3. The van der Waals surface area contributed by atoms with Gasteiger partial charge in [0.1, 0.15) is 0 Å². The van der Waals surface area contributed by atoms with Crippen molar-refractivity contribution >= 4 is 34.7 Å². The highest BCUT2D eigenvalue weighted by Gasteiger charge is 2.07. The SMILES string of the molecule is N/C(=C\C(=O)c1ccc(Cl)c(Cl)c1)c1ccccc1. The van der Waals surface area contributed by atoms with Crippen LogP contribution in [0.5, 0.6) is 0 Å². The van der Waals surface area contributed by atoms with E-state index in [1.54, 1.807) is 12.1 Å². The van der Waals surface area contributed by atoms with Crippen LogP contribution in [0.15, 0.2) is 54.6 Å². The minimum Gasteiger partial charge on any atom is -0.398 e. The van der Waals surface area contributed by atoms with E-state index in [9.17, 15) is 4.79 Å². The lowest BCUT2D eigenvalue weighted by Crippen LogP contribution is -2.02. The van der Waals surface area contributed by atoms with E-state index >= 15 is 0 Å². The van der Waals surface area contributed by atoms with Gasteiger partial charge in [-0.2, -0.15) is 0 Å². The molecule has 2 aromatic carbocycles. The van der Waals surface area contributed by atoms with E-state index in [1.165, 1.54) is 12.1 Å². The van der Waals surface area contributed by atoms with Gasteiger partial charge in [0.2, 0.25) is 0 Å². The molecule has 0 bridgehead atoms. The first-order chi connectivity index (χ1) is 9.08. The van der Waals surface area contributed by atoms with Crippen LogP contribution >= 0.6 is 23.2 Å². The maximum Gasteiger partial charge on any atom is 0.187 e. The molecule has 0 saturated heterocycles. The molecule has 0 unspecified atom stereocenters. The van der Waals surface area contributed by atoms with E-state index in [-0.39, 0.29) is 5.78 Å². The Balaban J connectivity index is 2.27. The second-order valence-corrected chi connectivity index (χ2v) is 4.77. The minimum atomic E-state index is -0.208. The second-order valence-electron chi connectivity index (χ2n) is 3.96. The van der Waals surface area contributed by atoms with E-state index in [0.717, 1.165) is 5.56 Å². The molecule has 0 spiro atoms. The largest absolute Gasteiger partial charge is 0.398 e. The molecule has 4 heteroatoms. The van der Waals surface area contributed by atoms with Crippen molar-refractivity contribution in [3.63, 3.8) is 0 Å². The van der Waals surface area contributed by atoms with Gasteiger partial charge in [-0.25, -0.2) is 0 Å². The van der Waals surface area contributed by atoms with Gasteiger partial charge in [-0.3, -0.25) is 4.79 Å². The summed E-state index contributed by atoms with van der Waals surface area (Å²) in [4.78, 5) is 12.0. The number of ketones is 1. The Labute approximate surface area is 121 Å². The molecule has 0 fully saturated rings. The van der Waals surface area contributed by atoms with Crippen LogP contribution in [0.1, 0.15) is 15.9 Å². The Morgan fingerprint density at radius 2 is 1.63 bits per heavy atom. The fraction of sp³-hybridized carbons (Fsp3) is 0. The highest BCUT2D eigenvalue weighted by atomic mass is 35.5. The van der Waals surface area contributed by atoms with Gasteiger partial charge in [0.25, 0.3) is 0 Å². The van der Waals surface area contributed by atoms with Gasteiger partial charge in [-0.15, -0.1) is 0 Å². The lowest BCUT2D eigenvalue weighted by Gasteiger charge is -2.02. The summed E-state index contributed by atoms with van der Waals surface area (Å²) < 4.78 is 0. The van der Waals surface area contributed by atoms with Gasteiger partial charge >= 0.3 is 0 Å². The Morgan fingerprint density at radius 1 is 0.947 bits per heavy atom. The van der Waals surface area contributed by atoms with Crippen LogP contribution in [0.2, 0.25) is 10.0 Å². The number of hydrogen-bond donors (Lipinski definition) is 1. The molecule has 0 aliphatic carbocycles. The van der Waals surface area contributed by atoms with Crippen molar-refractivity contribution in [3.05, 3.63) is 75.8 Å². The van der Waals surface area contributed by atoms with E-state index in [4.69, 9.17) is 28.9 Å². The summed E-state index contributed by atoms with van der Waals surface area (Å²) in [6.45, 7) is 0. The molecular formula is C15H11Cl2NO. The van der Waals surface area contributed by atoms with E-state index < -0.39 is 0 Å². The summed E-state index contributed by atoms with van der Waals surface area (Å²) in [5, 5.41) is 0.762. The van der Waals surface area contributed by atoms with Crippen LogP contribution in [0.3, 0.4) is 0 Å². The molecule has 2 rings (SSSR count). The highest BCUT2D eigenvalue weighted by Crippen LogP contribution is 2.23. The summed E-state index contributed by atoms with van der Waals surface area (Å²) in [6.07, 6.45) is 1.38. The lowest BCUT2D eigenvalue weighted by atomic mass is 10.1. The average molecular weight is 292 g/mol. The molecule has 0 heterocycles. The van der Waals surface area contributed by atoms with Gasteiger partial charge in [0.05, 0.1) is 10.0 Å². The molecule has 2 nitrogen and oxygen atoms in total. The predicted octanol–water partition coefficient (Wildman–Crippen LogP) is 4.18. The van der Waals surface area contributed by atoms with Crippen molar-refractivity contribution in [2.24, 2.45) is 5.73 Å². The zero-order valence-electron chi connectivity index (χ0n) is 9.94. The number of carbonyl (C=O) groups is 1. The minimum absolute atomic E-state index is 0.208. The lowest BCUT2D eigenvalue weighted by molar-refractivity contribution is 0.104. The zero-order valence-corrected chi connectivity index (χ0v) is 11.4. The standard InChI is InChI=1S/C15H11Cl2NO/c16-12-7-6-11(8-13(12)17)15(19)9-14(18)10-4-2-1-3-5-10/h1-9H,18H2/b14-9-. The van der Waals surface area contributed by atoms with E-state index in [2.05, 4.69) is 0 Å². The van der Waals surface area contributed by atoms with Gasteiger partial charge < -0.3 is 5.73 Å². The van der Waals surface area contributed by atoms with Crippen molar-refractivity contribution in [3.8, 4) is 0 Å². The Hall–Kier alpha value is -1.77. The van der Waals surface area contributed by atoms with Crippen molar-refractivity contribution in [1.29, 1.82) is 0 Å². The molecule has 19 heavy (non-hydrogen) atoms. The summed E-state index contributed by atoms with van der Waals surface area (Å²) in [5.41, 5.74) is 7.55. The van der Waals surface area contributed by atoms with E-state index in [0.29, 0.717) is 21.3 Å². The number of hydrogen-bond acceptors (Lipinski definition) is 2. The van der Waals surface area contributed by atoms with Crippen LogP contribution in [-0.2, 0) is 0 Å². The van der Waals surface area contributed by atoms with Crippen molar-refractivity contribution in [1.82, 2.24) is 0 Å². The second kappa shape index (κ2) is 5.91. The van der Waals surface area contributed by atoms with Crippen molar-refractivity contribution < 1.29 is 4.79 Å². The smallest absolute Gasteiger partial charge is 0.187 e. The molecule has 0 aromatic heterocycles. The van der Waals surface area contributed by atoms with Gasteiger partial charge in [0.15, 0.2) is 5.78 Å². The summed E-state index contributed by atoms with van der Waals surface area (Å²) >= 11 is 11.7. The first kappa shape index (κ1) is 13.7. The summed E-state index contributed by atoms with van der Waals surface area (Å²) in [7, 11) is 0. The maximum atomic E-state index is 12.0. The normalized spacial score (nSPS) is 11.4. The molecule has 0 radical (unpaired) electrons. The molecular weight excluding hydrogens is 281 g/mol. The van der Waals surface area contributed by atoms with Crippen LogP contribution in [-0.4, -0.2) is 5.78 Å². The van der Waals surface area contributed by atoms with Crippen LogP contribution in [0.4, 0.5) is 0 Å². The van der Waals surface area contributed by atoms with Crippen LogP contribution in [0.25, 0.3) is 5.70 Å². The quantitative estimate of drug-likeness (QED) is 0.681. The molecule has 2 N–H and O–H groups in total. The van der Waals surface area contributed by atoms with Gasteiger partial charge in [0, 0.05) is 17.3 Å². The first-order valence-corrected chi connectivity index (χ1v) is 6.35. The third kappa shape index (κ3) is 3.37. The Kier molecular flexibility index (Phi) is 4.25. The molecule has 0 aliphatic rings. The number of nitrogens with two attached hydrogens (primary N) is 1. The van der Waals surface area contributed by atoms with Crippen LogP contribution < -0.4 is 5.73 Å². The Bertz CT molecular complexity index is 636. The number of benzene rings is 2. The fourth-order valence-electron chi connectivity index (χ4n) is 1.59. The summed E-state index contributed by atoms with van der Waals surface area (Å²) in [6, 6.07) is 14.0. The molecule has 96 valence electrons. The van der Waals surface area contributed by atoms with E-state index in [1.807, 2.05) is 30.3 Å². The molecule has 0 saturated carbocycles.